The van der Waals surface area contributed by atoms with Crippen LogP contribution in [0.3, 0.4) is 0 Å². The molecule has 3 N–H and O–H groups in total. The molecule has 1 heterocycles. The molecule has 1 aliphatic rings. The number of hydrogen-bond acceptors (Lipinski definition) is 4. The zero-order valence-electron chi connectivity index (χ0n) is 14.0. The first-order chi connectivity index (χ1) is 10.5. The Morgan fingerprint density at radius 3 is 2.75 bits per heavy atom. The third kappa shape index (κ3) is 5.88. The maximum absolute atomic E-state index is 12.3. The minimum absolute atomic E-state index is 0. The summed E-state index contributed by atoms with van der Waals surface area (Å²) >= 11 is 5.99. The fourth-order valence-electron chi connectivity index (χ4n) is 2.93. The van der Waals surface area contributed by atoms with Crippen LogP contribution >= 0.6 is 36.4 Å². The van der Waals surface area contributed by atoms with Gasteiger partial charge in [0.05, 0.1) is 12.8 Å². The molecule has 8 heteroatoms. The van der Waals surface area contributed by atoms with E-state index in [4.69, 9.17) is 22.1 Å². The number of amides is 1. The van der Waals surface area contributed by atoms with E-state index in [0.717, 1.165) is 24.4 Å². The van der Waals surface area contributed by atoms with Gasteiger partial charge in [-0.05, 0) is 44.0 Å². The molecule has 0 saturated carbocycles. The maximum Gasteiger partial charge on any atom is 0.224 e. The lowest BCUT2D eigenvalue weighted by molar-refractivity contribution is -0.131. The molecule has 0 aliphatic carbocycles. The van der Waals surface area contributed by atoms with Gasteiger partial charge in [0, 0.05) is 30.6 Å². The highest BCUT2D eigenvalue weighted by atomic mass is 35.5. The number of ether oxygens (including phenoxy) is 1. The molecule has 24 heavy (non-hydrogen) atoms. The molecule has 2 rings (SSSR count). The van der Waals surface area contributed by atoms with Crippen LogP contribution in [0.1, 0.15) is 19.8 Å². The van der Waals surface area contributed by atoms with Crippen molar-refractivity contribution in [1.29, 1.82) is 0 Å². The van der Waals surface area contributed by atoms with Crippen molar-refractivity contribution in [2.24, 2.45) is 11.7 Å². The van der Waals surface area contributed by atoms with E-state index in [-0.39, 0.29) is 36.8 Å². The van der Waals surface area contributed by atoms with Crippen LogP contribution in [0.15, 0.2) is 18.2 Å². The summed E-state index contributed by atoms with van der Waals surface area (Å²) in [5.41, 5.74) is 6.51. The number of anilines is 1. The Balaban J connectivity index is 0.00000264. The molecule has 0 aromatic heterocycles. The van der Waals surface area contributed by atoms with E-state index in [1.165, 1.54) is 0 Å². The van der Waals surface area contributed by atoms with Crippen molar-refractivity contribution in [3.63, 3.8) is 0 Å². The standard InChI is InChI=1S/C16H24ClN3O2.2ClH/c1-11-7-12(9-18)10-20(11)16(21)5-6-19-14-8-13(17)3-4-15(14)22-2;;/h3-4,8,11-12,19H,5-7,9-10,18H2,1-2H3;2*1H. The highest BCUT2D eigenvalue weighted by Gasteiger charge is 2.30. The molecule has 138 valence electrons. The Morgan fingerprint density at radius 1 is 1.46 bits per heavy atom. The van der Waals surface area contributed by atoms with E-state index in [9.17, 15) is 4.79 Å². The predicted octanol–water partition coefficient (Wildman–Crippen LogP) is 3.19. The van der Waals surface area contributed by atoms with E-state index in [2.05, 4.69) is 12.2 Å². The third-order valence-corrected chi connectivity index (χ3v) is 4.37. The number of nitrogens with zero attached hydrogens (tertiary/aromatic N) is 1. The molecule has 0 radical (unpaired) electrons. The van der Waals surface area contributed by atoms with Gasteiger partial charge in [-0.2, -0.15) is 0 Å². The van der Waals surface area contributed by atoms with Crippen LogP contribution in [0.2, 0.25) is 5.02 Å². The number of hydrogen-bond donors (Lipinski definition) is 2. The topological polar surface area (TPSA) is 67.6 Å². The van der Waals surface area contributed by atoms with Gasteiger partial charge in [0.2, 0.25) is 5.91 Å². The first-order valence-corrected chi connectivity index (χ1v) is 8.00. The summed E-state index contributed by atoms with van der Waals surface area (Å²) in [6.45, 7) is 4.05. The second kappa shape index (κ2) is 10.9. The number of nitrogens with two attached hydrogens (primary N) is 1. The van der Waals surface area contributed by atoms with Gasteiger partial charge in [0.1, 0.15) is 5.75 Å². The maximum atomic E-state index is 12.3. The van der Waals surface area contributed by atoms with Crippen molar-refractivity contribution in [3.05, 3.63) is 23.2 Å². The summed E-state index contributed by atoms with van der Waals surface area (Å²) in [5.74, 6) is 1.31. The first-order valence-electron chi connectivity index (χ1n) is 7.62. The number of benzene rings is 1. The van der Waals surface area contributed by atoms with Crippen LogP contribution in [-0.4, -0.2) is 43.6 Å². The van der Waals surface area contributed by atoms with Gasteiger partial charge in [-0.25, -0.2) is 0 Å². The van der Waals surface area contributed by atoms with Crippen LogP contribution in [0.25, 0.3) is 0 Å². The quantitative estimate of drug-likeness (QED) is 0.772. The molecule has 0 spiro atoms. The molecule has 1 aromatic rings. The zero-order chi connectivity index (χ0) is 16.1. The Kier molecular flexibility index (Phi) is 10.5. The smallest absolute Gasteiger partial charge is 0.224 e. The summed E-state index contributed by atoms with van der Waals surface area (Å²) in [6, 6.07) is 5.66. The second-order valence-corrected chi connectivity index (χ2v) is 6.19. The number of likely N-dealkylation sites (tertiary alicyclic amines) is 1. The van der Waals surface area contributed by atoms with Crippen LogP contribution in [0, 0.1) is 5.92 Å². The van der Waals surface area contributed by atoms with E-state index in [0.29, 0.717) is 30.5 Å². The summed E-state index contributed by atoms with van der Waals surface area (Å²) in [5, 5.41) is 3.85. The molecular formula is C16H26Cl3N3O2. The normalized spacial score (nSPS) is 19.2. The van der Waals surface area contributed by atoms with Crippen molar-refractivity contribution >= 4 is 48.0 Å². The lowest BCUT2D eigenvalue weighted by Crippen LogP contribution is -2.35. The number of carbonyl (C=O) groups is 1. The lowest BCUT2D eigenvalue weighted by Gasteiger charge is -2.22. The van der Waals surface area contributed by atoms with Crippen LogP contribution in [0.4, 0.5) is 5.69 Å². The van der Waals surface area contributed by atoms with E-state index < -0.39 is 0 Å². The molecular weight excluding hydrogens is 373 g/mol. The molecule has 1 aliphatic heterocycles. The van der Waals surface area contributed by atoms with Crippen molar-refractivity contribution in [2.45, 2.75) is 25.8 Å². The van der Waals surface area contributed by atoms with Crippen molar-refractivity contribution in [2.75, 3.05) is 32.1 Å². The van der Waals surface area contributed by atoms with E-state index in [1.807, 2.05) is 4.90 Å². The Hall–Kier alpha value is -0.880. The fraction of sp³-hybridized carbons (Fsp3) is 0.562. The van der Waals surface area contributed by atoms with Crippen molar-refractivity contribution in [1.82, 2.24) is 4.90 Å². The largest absolute Gasteiger partial charge is 0.495 e. The van der Waals surface area contributed by atoms with E-state index in [1.54, 1.807) is 25.3 Å². The first kappa shape index (κ1) is 23.1. The van der Waals surface area contributed by atoms with Crippen LogP contribution in [0.5, 0.6) is 5.75 Å². The number of methoxy groups -OCH3 is 1. The average molecular weight is 399 g/mol. The summed E-state index contributed by atoms with van der Waals surface area (Å²) in [6.07, 6.45) is 1.44. The van der Waals surface area contributed by atoms with Crippen LogP contribution < -0.4 is 15.8 Å². The number of carbonyl (C=O) groups excluding carboxylic acids is 1. The van der Waals surface area contributed by atoms with Gasteiger partial charge in [-0.3, -0.25) is 4.79 Å². The number of nitrogens with one attached hydrogen (secondary N) is 1. The number of rotatable bonds is 6. The fourth-order valence-corrected chi connectivity index (χ4v) is 3.10. The summed E-state index contributed by atoms with van der Waals surface area (Å²) < 4.78 is 5.27. The molecule has 5 nitrogen and oxygen atoms in total. The Bertz CT molecular complexity index is 531. The van der Waals surface area contributed by atoms with Crippen molar-refractivity contribution in [3.8, 4) is 5.75 Å². The average Bonchev–Trinajstić information content (AvgIpc) is 2.88. The lowest BCUT2D eigenvalue weighted by atomic mass is 10.1. The summed E-state index contributed by atoms with van der Waals surface area (Å²) in [7, 11) is 1.61. The summed E-state index contributed by atoms with van der Waals surface area (Å²) in [4.78, 5) is 14.3. The van der Waals surface area contributed by atoms with Gasteiger partial charge >= 0.3 is 0 Å². The molecule has 2 atom stereocenters. The van der Waals surface area contributed by atoms with Gasteiger partial charge in [-0.1, -0.05) is 11.6 Å². The van der Waals surface area contributed by atoms with E-state index >= 15 is 0 Å². The molecule has 0 bridgehead atoms. The van der Waals surface area contributed by atoms with Crippen LogP contribution in [-0.2, 0) is 4.79 Å². The second-order valence-electron chi connectivity index (χ2n) is 5.75. The minimum Gasteiger partial charge on any atom is -0.495 e. The Labute approximate surface area is 161 Å². The van der Waals surface area contributed by atoms with Gasteiger partial charge in [0.25, 0.3) is 0 Å². The van der Waals surface area contributed by atoms with Gasteiger partial charge in [-0.15, -0.1) is 24.8 Å². The predicted molar refractivity (Wildman–Crippen MR) is 104 cm³/mol. The minimum atomic E-state index is 0. The Morgan fingerprint density at radius 2 is 2.17 bits per heavy atom. The van der Waals surface area contributed by atoms with Gasteiger partial charge in [0.15, 0.2) is 0 Å². The highest BCUT2D eigenvalue weighted by molar-refractivity contribution is 6.30. The monoisotopic (exact) mass is 397 g/mol. The molecule has 2 unspecified atom stereocenters. The molecule has 1 amide bonds. The molecule has 1 aromatic carbocycles. The number of halogens is 3. The van der Waals surface area contributed by atoms with Crippen molar-refractivity contribution < 1.29 is 9.53 Å². The molecule has 1 saturated heterocycles. The zero-order valence-corrected chi connectivity index (χ0v) is 16.3. The van der Waals surface area contributed by atoms with Gasteiger partial charge < -0.3 is 20.7 Å². The molecule has 1 fully saturated rings. The SMILES string of the molecule is COc1ccc(Cl)cc1NCCC(=O)N1CC(CN)CC1C.Cl.Cl. The highest BCUT2D eigenvalue weighted by Crippen LogP contribution is 2.28. The third-order valence-electron chi connectivity index (χ3n) is 4.13.